The molecule has 1 nitrogen and oxygen atoms in total. The van der Waals surface area contributed by atoms with Crippen molar-refractivity contribution in [1.29, 1.82) is 0 Å². The van der Waals surface area contributed by atoms with Gasteiger partial charge in [0.05, 0.1) is 0 Å². The first kappa shape index (κ1) is 11.4. The molecule has 1 aliphatic carbocycles. The zero-order valence-corrected chi connectivity index (χ0v) is 9.78. The molecular weight excluding hydrogens is 178 g/mol. The Balaban J connectivity index is 2.27. The van der Waals surface area contributed by atoms with Crippen LogP contribution < -0.4 is 5.73 Å². The predicted octanol–water partition coefficient (Wildman–Crippen LogP) is 3.04. The minimum Gasteiger partial charge on any atom is -0.327 e. The monoisotopic (exact) mass is 201 g/mol. The van der Waals surface area contributed by atoms with E-state index in [4.69, 9.17) is 5.73 Å². The van der Waals surface area contributed by atoms with Gasteiger partial charge in [0, 0.05) is 11.3 Å². The molecule has 0 heterocycles. The molecule has 0 aromatic rings. The van der Waals surface area contributed by atoms with Crippen molar-refractivity contribution in [3.63, 3.8) is 0 Å². The average molecular weight is 201 g/mol. The summed E-state index contributed by atoms with van der Waals surface area (Å²) in [6.07, 6.45) is 6.73. The van der Waals surface area contributed by atoms with Crippen molar-refractivity contribution in [2.75, 3.05) is 5.75 Å². The molecule has 0 aliphatic heterocycles. The van der Waals surface area contributed by atoms with Gasteiger partial charge in [-0.25, -0.2) is 0 Å². The van der Waals surface area contributed by atoms with Crippen LogP contribution in [0.3, 0.4) is 0 Å². The molecule has 0 amide bonds. The molecule has 1 fully saturated rings. The Morgan fingerprint density at radius 3 is 2.62 bits per heavy atom. The van der Waals surface area contributed by atoms with Gasteiger partial charge in [-0.05, 0) is 24.5 Å². The number of hydrogen-bond acceptors (Lipinski definition) is 2. The summed E-state index contributed by atoms with van der Waals surface area (Å²) < 4.78 is 0. The number of thioether (sulfide) groups is 1. The normalized spacial score (nSPS) is 30.5. The third-order valence-corrected chi connectivity index (χ3v) is 4.52. The molecule has 2 unspecified atom stereocenters. The molecule has 0 radical (unpaired) electrons. The Morgan fingerprint density at radius 2 is 1.92 bits per heavy atom. The maximum atomic E-state index is 6.14. The molecule has 78 valence electrons. The van der Waals surface area contributed by atoms with Gasteiger partial charge in [0.2, 0.25) is 0 Å². The Labute approximate surface area is 86.8 Å². The molecule has 0 aromatic heterocycles. The first-order chi connectivity index (χ1) is 6.20. The third kappa shape index (κ3) is 4.37. The quantitative estimate of drug-likeness (QED) is 0.710. The Bertz CT molecular complexity index is 136. The van der Waals surface area contributed by atoms with Gasteiger partial charge in [-0.1, -0.05) is 33.1 Å². The summed E-state index contributed by atoms with van der Waals surface area (Å²) in [5.41, 5.74) is 6.14. The Morgan fingerprint density at radius 1 is 1.23 bits per heavy atom. The summed E-state index contributed by atoms with van der Waals surface area (Å²) in [5.74, 6) is 2.08. The Kier molecular flexibility index (Phi) is 5.18. The minimum absolute atomic E-state index is 0.464. The molecule has 1 aliphatic rings. The molecule has 1 rings (SSSR count). The highest BCUT2D eigenvalue weighted by Gasteiger charge is 2.20. The molecule has 0 spiro atoms. The van der Waals surface area contributed by atoms with Crippen molar-refractivity contribution >= 4 is 11.8 Å². The second kappa shape index (κ2) is 5.92. The minimum atomic E-state index is 0.464. The topological polar surface area (TPSA) is 26.0 Å². The fraction of sp³-hybridized carbons (Fsp3) is 1.00. The van der Waals surface area contributed by atoms with Gasteiger partial charge in [-0.3, -0.25) is 0 Å². The molecule has 13 heavy (non-hydrogen) atoms. The molecule has 2 heteroatoms. The average Bonchev–Trinajstić information content (AvgIpc) is 2.27. The van der Waals surface area contributed by atoms with Crippen LogP contribution in [0.15, 0.2) is 0 Å². The van der Waals surface area contributed by atoms with Gasteiger partial charge < -0.3 is 5.73 Å². The molecule has 2 atom stereocenters. The van der Waals surface area contributed by atoms with E-state index in [0.717, 1.165) is 11.2 Å². The molecule has 1 saturated carbocycles. The van der Waals surface area contributed by atoms with E-state index in [1.165, 1.54) is 37.9 Å². The number of hydrogen-bond donors (Lipinski definition) is 1. The van der Waals surface area contributed by atoms with Gasteiger partial charge in [0.25, 0.3) is 0 Å². The smallest absolute Gasteiger partial charge is 0.0199 e. The van der Waals surface area contributed by atoms with Crippen molar-refractivity contribution in [3.8, 4) is 0 Å². The largest absolute Gasteiger partial charge is 0.327 e. The van der Waals surface area contributed by atoms with Gasteiger partial charge in [-0.2, -0.15) is 11.8 Å². The van der Waals surface area contributed by atoms with Crippen LogP contribution in [0.5, 0.6) is 0 Å². The summed E-state index contributed by atoms with van der Waals surface area (Å²) in [6, 6.07) is 0.464. The van der Waals surface area contributed by atoms with Crippen LogP contribution >= 0.6 is 11.8 Å². The van der Waals surface area contributed by atoms with Crippen LogP contribution in [0.2, 0.25) is 0 Å². The summed E-state index contributed by atoms with van der Waals surface area (Å²) in [7, 11) is 0. The van der Waals surface area contributed by atoms with Crippen molar-refractivity contribution in [2.45, 2.75) is 57.2 Å². The molecule has 0 aromatic carbocycles. The molecular formula is C11H23NS. The summed E-state index contributed by atoms with van der Waals surface area (Å²) >= 11 is 2.10. The van der Waals surface area contributed by atoms with Crippen LogP contribution in [0, 0.1) is 5.92 Å². The predicted molar refractivity (Wildman–Crippen MR) is 62.1 cm³/mol. The summed E-state index contributed by atoms with van der Waals surface area (Å²) in [6.45, 7) is 4.57. The summed E-state index contributed by atoms with van der Waals surface area (Å²) in [5, 5.41) is 0.741. The van der Waals surface area contributed by atoms with E-state index in [1.54, 1.807) is 0 Å². The van der Waals surface area contributed by atoms with E-state index >= 15 is 0 Å². The van der Waals surface area contributed by atoms with Crippen molar-refractivity contribution in [2.24, 2.45) is 11.7 Å². The highest BCUT2D eigenvalue weighted by atomic mass is 32.2. The fourth-order valence-corrected chi connectivity index (χ4v) is 3.17. The summed E-state index contributed by atoms with van der Waals surface area (Å²) in [4.78, 5) is 0. The van der Waals surface area contributed by atoms with E-state index < -0.39 is 0 Å². The number of nitrogens with two attached hydrogens (primary N) is 1. The van der Waals surface area contributed by atoms with E-state index in [0.29, 0.717) is 6.04 Å². The second-order valence-electron chi connectivity index (χ2n) is 4.57. The lowest BCUT2D eigenvalue weighted by atomic mass is 10.1. The van der Waals surface area contributed by atoms with E-state index in [9.17, 15) is 0 Å². The third-order valence-electron chi connectivity index (χ3n) is 2.65. The van der Waals surface area contributed by atoms with Gasteiger partial charge in [0.1, 0.15) is 0 Å². The van der Waals surface area contributed by atoms with Crippen molar-refractivity contribution in [3.05, 3.63) is 0 Å². The lowest BCUT2D eigenvalue weighted by Gasteiger charge is -2.21. The lowest BCUT2D eigenvalue weighted by molar-refractivity contribution is 0.594. The molecule has 0 bridgehead atoms. The van der Waals surface area contributed by atoms with Crippen molar-refractivity contribution < 1.29 is 0 Å². The maximum Gasteiger partial charge on any atom is 0.0199 e. The van der Waals surface area contributed by atoms with Crippen LogP contribution in [-0.4, -0.2) is 17.0 Å². The van der Waals surface area contributed by atoms with Crippen LogP contribution in [0.1, 0.15) is 46.0 Å². The lowest BCUT2D eigenvalue weighted by Crippen LogP contribution is -2.31. The van der Waals surface area contributed by atoms with Crippen molar-refractivity contribution in [1.82, 2.24) is 0 Å². The van der Waals surface area contributed by atoms with Gasteiger partial charge in [0.15, 0.2) is 0 Å². The number of rotatable bonds is 3. The van der Waals surface area contributed by atoms with Crippen LogP contribution in [0.25, 0.3) is 0 Å². The fourth-order valence-electron chi connectivity index (χ4n) is 1.83. The molecule has 0 saturated heterocycles. The van der Waals surface area contributed by atoms with Crippen LogP contribution in [-0.2, 0) is 0 Å². The zero-order valence-electron chi connectivity index (χ0n) is 8.96. The molecule has 2 N–H and O–H groups in total. The van der Waals surface area contributed by atoms with E-state index in [-0.39, 0.29) is 0 Å². The maximum absolute atomic E-state index is 6.14. The van der Waals surface area contributed by atoms with E-state index in [1.807, 2.05) is 0 Å². The SMILES string of the molecule is CC(C)CSC1CCCCCC1N. The highest BCUT2D eigenvalue weighted by Crippen LogP contribution is 2.27. The first-order valence-corrected chi connectivity index (χ1v) is 6.62. The first-order valence-electron chi connectivity index (χ1n) is 5.57. The highest BCUT2D eigenvalue weighted by molar-refractivity contribution is 7.99. The Hall–Kier alpha value is 0.310. The second-order valence-corrected chi connectivity index (χ2v) is 5.84. The zero-order chi connectivity index (χ0) is 9.68. The van der Waals surface area contributed by atoms with Gasteiger partial charge >= 0.3 is 0 Å². The van der Waals surface area contributed by atoms with E-state index in [2.05, 4.69) is 25.6 Å². The standard InChI is InChI=1S/C11H23NS/c1-9(2)8-13-11-7-5-3-4-6-10(11)12/h9-11H,3-8,12H2,1-2H3. The van der Waals surface area contributed by atoms with Gasteiger partial charge in [-0.15, -0.1) is 0 Å². The van der Waals surface area contributed by atoms with Crippen LogP contribution in [0.4, 0.5) is 0 Å².